The van der Waals surface area contributed by atoms with E-state index in [1.807, 2.05) is 74.5 Å². The first-order chi connectivity index (χ1) is 18.6. The van der Waals surface area contributed by atoms with Crippen molar-refractivity contribution in [1.82, 2.24) is 0 Å². The molecule has 2 atom stereocenters. The number of fused-ring (bicyclic) bond motifs is 1. The molecule has 0 fully saturated rings. The van der Waals surface area contributed by atoms with E-state index in [-0.39, 0.29) is 17.7 Å². The van der Waals surface area contributed by atoms with E-state index in [0.717, 1.165) is 33.8 Å². The zero-order valence-electron chi connectivity index (χ0n) is 22.3. The number of ketones is 1. The van der Waals surface area contributed by atoms with Gasteiger partial charge in [-0.1, -0.05) is 24.3 Å². The Morgan fingerprint density at radius 2 is 1.37 bits per heavy atom. The smallest absolute Gasteiger partial charge is 0.163 e. The highest BCUT2D eigenvalue weighted by atomic mass is 16.5. The Kier molecular flexibility index (Phi) is 7.45. The number of anilines is 2. The summed E-state index contributed by atoms with van der Waals surface area (Å²) < 4.78 is 22.6. The molecule has 2 unspecified atom stereocenters. The highest BCUT2D eigenvalue weighted by Crippen LogP contribution is 2.46. The number of carbonyl (C=O) groups excluding carboxylic acids is 1. The van der Waals surface area contributed by atoms with Crippen LogP contribution < -0.4 is 29.6 Å². The summed E-state index contributed by atoms with van der Waals surface area (Å²) in [5.41, 5.74) is 5.54. The minimum Gasteiger partial charge on any atom is -0.493 e. The average molecular weight is 515 g/mol. The fourth-order valence-electron chi connectivity index (χ4n) is 5.33. The van der Waals surface area contributed by atoms with Crippen LogP contribution >= 0.6 is 0 Å². The van der Waals surface area contributed by atoms with Gasteiger partial charge in [0.2, 0.25) is 0 Å². The molecule has 0 spiro atoms. The number of hydrogen-bond donors (Lipinski definition) is 2. The lowest BCUT2D eigenvalue weighted by atomic mass is 9.78. The van der Waals surface area contributed by atoms with E-state index in [2.05, 4.69) is 10.6 Å². The number of benzene rings is 3. The van der Waals surface area contributed by atoms with Gasteiger partial charge in [0, 0.05) is 17.7 Å². The van der Waals surface area contributed by atoms with Gasteiger partial charge in [0.1, 0.15) is 0 Å². The van der Waals surface area contributed by atoms with Crippen molar-refractivity contribution in [3.05, 3.63) is 83.1 Å². The quantitative estimate of drug-likeness (QED) is 0.356. The second-order valence-electron chi connectivity index (χ2n) is 9.36. The number of rotatable bonds is 8. The number of para-hydroxylation sites is 2. The first-order valence-corrected chi connectivity index (χ1v) is 13.1. The van der Waals surface area contributed by atoms with Crippen LogP contribution in [-0.2, 0) is 4.79 Å². The van der Waals surface area contributed by atoms with Crippen LogP contribution in [-0.4, -0.2) is 33.2 Å². The molecule has 0 bridgehead atoms. The lowest BCUT2D eigenvalue weighted by Crippen LogP contribution is -2.27. The highest BCUT2D eigenvalue weighted by molar-refractivity contribution is 6.01. The van der Waals surface area contributed by atoms with E-state index in [9.17, 15) is 4.79 Å². The van der Waals surface area contributed by atoms with Gasteiger partial charge in [-0.25, -0.2) is 0 Å². The van der Waals surface area contributed by atoms with E-state index in [1.165, 1.54) is 0 Å². The molecule has 7 nitrogen and oxygen atoms in total. The second kappa shape index (κ2) is 11.1. The van der Waals surface area contributed by atoms with E-state index in [4.69, 9.17) is 18.9 Å². The molecule has 0 saturated carbocycles. The third-order valence-corrected chi connectivity index (χ3v) is 7.09. The van der Waals surface area contributed by atoms with Gasteiger partial charge in [-0.2, -0.15) is 0 Å². The molecular weight excluding hydrogens is 480 g/mol. The van der Waals surface area contributed by atoms with Crippen molar-refractivity contribution in [2.75, 3.05) is 38.1 Å². The molecule has 0 radical (unpaired) electrons. The maximum Gasteiger partial charge on any atom is 0.163 e. The van der Waals surface area contributed by atoms with Crippen molar-refractivity contribution in [3.63, 3.8) is 0 Å². The van der Waals surface area contributed by atoms with Gasteiger partial charge in [-0.15, -0.1) is 0 Å². The summed E-state index contributed by atoms with van der Waals surface area (Å²) in [5, 5.41) is 7.22. The third-order valence-electron chi connectivity index (χ3n) is 7.09. The summed E-state index contributed by atoms with van der Waals surface area (Å²) in [6.45, 7) is 4.99. The monoisotopic (exact) mass is 514 g/mol. The largest absolute Gasteiger partial charge is 0.493 e. The van der Waals surface area contributed by atoms with Crippen molar-refractivity contribution >= 4 is 17.2 Å². The molecule has 1 heterocycles. The predicted molar refractivity (Wildman–Crippen MR) is 149 cm³/mol. The van der Waals surface area contributed by atoms with Gasteiger partial charge >= 0.3 is 0 Å². The maximum absolute atomic E-state index is 13.9. The first-order valence-electron chi connectivity index (χ1n) is 13.1. The molecule has 7 heteroatoms. The third kappa shape index (κ3) is 4.88. The SMILES string of the molecule is CCOc1ccc(C2CC(=O)C3=C(C2)Nc2ccccc2NC3c2ccc(OCC)c(OC)c2)cc1OC. The van der Waals surface area contributed by atoms with Crippen LogP contribution in [0.4, 0.5) is 11.4 Å². The van der Waals surface area contributed by atoms with E-state index >= 15 is 0 Å². The molecule has 0 amide bonds. The number of carbonyl (C=O) groups is 1. The maximum atomic E-state index is 13.9. The molecule has 2 aliphatic rings. The van der Waals surface area contributed by atoms with Crippen molar-refractivity contribution < 1.29 is 23.7 Å². The number of methoxy groups -OCH3 is 2. The van der Waals surface area contributed by atoms with Crippen LogP contribution in [0.1, 0.15) is 49.8 Å². The summed E-state index contributed by atoms with van der Waals surface area (Å²) in [6, 6.07) is 19.5. The summed E-state index contributed by atoms with van der Waals surface area (Å²) in [6.07, 6.45) is 1.10. The average Bonchev–Trinajstić information content (AvgIpc) is 3.11. The molecule has 38 heavy (non-hydrogen) atoms. The zero-order valence-corrected chi connectivity index (χ0v) is 22.3. The van der Waals surface area contributed by atoms with Gasteiger partial charge < -0.3 is 29.6 Å². The van der Waals surface area contributed by atoms with Gasteiger partial charge in [0.15, 0.2) is 28.8 Å². The number of nitrogens with one attached hydrogen (secondary N) is 2. The van der Waals surface area contributed by atoms with Crippen molar-refractivity contribution in [2.45, 2.75) is 38.6 Å². The van der Waals surface area contributed by atoms with Crippen LogP contribution in [0.3, 0.4) is 0 Å². The fraction of sp³-hybridized carbons (Fsp3) is 0.323. The lowest BCUT2D eigenvalue weighted by Gasteiger charge is -2.30. The Labute approximate surface area is 223 Å². The number of hydrogen-bond acceptors (Lipinski definition) is 7. The summed E-state index contributed by atoms with van der Waals surface area (Å²) >= 11 is 0. The molecule has 0 saturated heterocycles. The zero-order chi connectivity index (χ0) is 26.6. The number of allylic oxidation sites excluding steroid dienone is 1. The van der Waals surface area contributed by atoms with Crippen molar-refractivity contribution in [2.24, 2.45) is 0 Å². The summed E-state index contributed by atoms with van der Waals surface area (Å²) in [7, 11) is 3.27. The normalized spacial score (nSPS) is 18.4. The molecule has 2 N–H and O–H groups in total. The Morgan fingerprint density at radius 1 is 0.763 bits per heavy atom. The Balaban J connectivity index is 1.56. The summed E-state index contributed by atoms with van der Waals surface area (Å²) in [5.74, 6) is 2.82. The molecule has 1 aliphatic heterocycles. The molecule has 1 aliphatic carbocycles. The molecular formula is C31H34N2O5. The minimum atomic E-state index is -0.339. The minimum absolute atomic E-state index is 0.0131. The van der Waals surface area contributed by atoms with Crippen LogP contribution in [0.5, 0.6) is 23.0 Å². The van der Waals surface area contributed by atoms with Crippen molar-refractivity contribution in [3.8, 4) is 23.0 Å². The lowest BCUT2D eigenvalue weighted by molar-refractivity contribution is -0.116. The van der Waals surface area contributed by atoms with Gasteiger partial charge in [0.25, 0.3) is 0 Å². The molecule has 3 aromatic carbocycles. The summed E-state index contributed by atoms with van der Waals surface area (Å²) in [4.78, 5) is 13.9. The van der Waals surface area contributed by atoms with Crippen LogP contribution in [0.2, 0.25) is 0 Å². The van der Waals surface area contributed by atoms with Gasteiger partial charge in [0.05, 0.1) is 44.8 Å². The predicted octanol–water partition coefficient (Wildman–Crippen LogP) is 6.48. The molecule has 0 aromatic heterocycles. The van der Waals surface area contributed by atoms with Crippen LogP contribution in [0.25, 0.3) is 0 Å². The first kappa shape index (κ1) is 25.5. The number of Topliss-reactive ketones (excluding diaryl/α,β-unsaturated/α-hetero) is 1. The standard InChI is InChI=1S/C31H34N2O5/c1-5-37-26-13-11-19(17-28(26)35-3)21-15-24-30(25(34)16-21)31(33-23-10-8-7-9-22(23)32-24)20-12-14-27(38-6-2)29(18-20)36-4/h7-14,17-18,21,31-33H,5-6,15-16H2,1-4H3. The Morgan fingerprint density at radius 3 is 2.00 bits per heavy atom. The highest BCUT2D eigenvalue weighted by Gasteiger charge is 2.36. The Hall–Kier alpha value is -4.13. The van der Waals surface area contributed by atoms with Crippen molar-refractivity contribution in [1.29, 1.82) is 0 Å². The van der Waals surface area contributed by atoms with E-state index in [1.54, 1.807) is 14.2 Å². The Bertz CT molecular complexity index is 1370. The van der Waals surface area contributed by atoms with E-state index < -0.39 is 0 Å². The molecule has 3 aromatic rings. The molecule has 198 valence electrons. The second-order valence-corrected chi connectivity index (χ2v) is 9.36. The van der Waals surface area contributed by atoms with Gasteiger partial charge in [-0.05, 0) is 73.7 Å². The fourth-order valence-corrected chi connectivity index (χ4v) is 5.33. The number of ether oxygens (including phenoxy) is 4. The topological polar surface area (TPSA) is 78.1 Å². The van der Waals surface area contributed by atoms with Crippen LogP contribution in [0.15, 0.2) is 71.9 Å². The van der Waals surface area contributed by atoms with Crippen LogP contribution in [0, 0.1) is 0 Å². The van der Waals surface area contributed by atoms with E-state index in [0.29, 0.717) is 49.1 Å². The van der Waals surface area contributed by atoms with Gasteiger partial charge in [-0.3, -0.25) is 4.79 Å². The molecule has 5 rings (SSSR count).